The Kier molecular flexibility index (Phi) is 5.52. The van der Waals surface area contributed by atoms with Gasteiger partial charge in [0.25, 0.3) is 0 Å². The first-order valence-electron chi connectivity index (χ1n) is 3.84. The van der Waals surface area contributed by atoms with E-state index in [0.29, 0.717) is 0 Å². The Hall–Kier alpha value is -0.610. The molecule has 0 bridgehead atoms. The maximum atomic E-state index is 5.29. The van der Waals surface area contributed by atoms with Gasteiger partial charge in [0, 0.05) is 0 Å². The highest BCUT2D eigenvalue weighted by molar-refractivity contribution is 6.18. The van der Waals surface area contributed by atoms with Gasteiger partial charge in [-0.05, 0) is 0 Å². The standard InChI is InChI=1S/C6H6.C3H5ClO3/c1-2-4-6-5-3-1;4-3-6-1-5-2-7-3/h1-6H;3H,1-2H2. The topological polar surface area (TPSA) is 27.7 Å². The fourth-order valence-corrected chi connectivity index (χ4v) is 0.773. The molecule has 0 atom stereocenters. The second kappa shape index (κ2) is 6.86. The van der Waals surface area contributed by atoms with Crippen LogP contribution in [0.2, 0.25) is 0 Å². The van der Waals surface area contributed by atoms with Gasteiger partial charge < -0.3 is 14.2 Å². The fourth-order valence-electron chi connectivity index (χ4n) is 0.670. The van der Waals surface area contributed by atoms with Crippen LogP contribution in [0.15, 0.2) is 36.4 Å². The van der Waals surface area contributed by atoms with E-state index in [1.165, 1.54) is 0 Å². The van der Waals surface area contributed by atoms with Crippen LogP contribution >= 0.6 is 11.6 Å². The van der Waals surface area contributed by atoms with E-state index in [-0.39, 0.29) is 13.6 Å². The van der Waals surface area contributed by atoms with E-state index in [4.69, 9.17) is 11.6 Å². The summed E-state index contributed by atoms with van der Waals surface area (Å²) >= 11 is 5.29. The molecule has 0 saturated carbocycles. The van der Waals surface area contributed by atoms with E-state index in [1.54, 1.807) is 0 Å². The highest BCUT2D eigenvalue weighted by Crippen LogP contribution is 2.04. The molecule has 1 saturated heterocycles. The third kappa shape index (κ3) is 5.60. The maximum Gasteiger partial charge on any atom is 0.241 e. The molecule has 0 radical (unpaired) electrons. The lowest BCUT2D eigenvalue weighted by Gasteiger charge is -2.16. The van der Waals surface area contributed by atoms with Crippen LogP contribution in [0.1, 0.15) is 0 Å². The highest BCUT2D eigenvalue weighted by atomic mass is 35.5. The molecule has 1 aromatic rings. The minimum absolute atomic E-state index is 0.230. The lowest BCUT2D eigenvalue weighted by Crippen LogP contribution is -2.21. The molecular formula is C9H11ClO3. The first-order chi connectivity index (χ1) is 6.39. The Morgan fingerprint density at radius 2 is 1.23 bits per heavy atom. The molecule has 1 aliphatic rings. The number of alkyl halides is 1. The Bertz CT molecular complexity index is 173. The van der Waals surface area contributed by atoms with E-state index in [9.17, 15) is 0 Å². The summed E-state index contributed by atoms with van der Waals surface area (Å²) in [5.41, 5.74) is 0. The molecule has 0 N–H and O–H groups in total. The average molecular weight is 203 g/mol. The van der Waals surface area contributed by atoms with E-state index >= 15 is 0 Å². The number of benzene rings is 1. The zero-order valence-electron chi connectivity index (χ0n) is 7.06. The van der Waals surface area contributed by atoms with Crippen LogP contribution in [-0.4, -0.2) is 19.3 Å². The molecule has 2 rings (SSSR count). The van der Waals surface area contributed by atoms with E-state index in [2.05, 4.69) is 14.2 Å². The Morgan fingerprint density at radius 1 is 0.846 bits per heavy atom. The third-order valence-corrected chi connectivity index (χ3v) is 1.48. The summed E-state index contributed by atoms with van der Waals surface area (Å²) < 4.78 is 13.8. The summed E-state index contributed by atoms with van der Waals surface area (Å²) in [5, 5.41) is 0. The van der Waals surface area contributed by atoms with Crippen molar-refractivity contribution in [3.05, 3.63) is 36.4 Å². The molecule has 0 aromatic heterocycles. The zero-order chi connectivity index (χ0) is 9.36. The average Bonchev–Trinajstić information content (AvgIpc) is 2.22. The van der Waals surface area contributed by atoms with Gasteiger partial charge >= 0.3 is 0 Å². The van der Waals surface area contributed by atoms with Crippen LogP contribution in [0.5, 0.6) is 0 Å². The minimum Gasteiger partial charge on any atom is -0.329 e. The van der Waals surface area contributed by atoms with Crippen LogP contribution in [-0.2, 0) is 14.2 Å². The smallest absolute Gasteiger partial charge is 0.241 e. The third-order valence-electron chi connectivity index (χ3n) is 1.23. The molecule has 0 aliphatic carbocycles. The van der Waals surface area contributed by atoms with Crippen LogP contribution in [0, 0.1) is 0 Å². The number of hydrogen-bond donors (Lipinski definition) is 0. The molecule has 0 unspecified atom stereocenters. The molecule has 1 fully saturated rings. The van der Waals surface area contributed by atoms with Gasteiger partial charge in [-0.3, -0.25) is 0 Å². The van der Waals surface area contributed by atoms with Crippen molar-refractivity contribution in [3.8, 4) is 0 Å². The predicted octanol–water partition coefficient (Wildman–Crippen LogP) is 2.17. The second-order valence-corrected chi connectivity index (χ2v) is 2.56. The highest BCUT2D eigenvalue weighted by Gasteiger charge is 2.08. The van der Waals surface area contributed by atoms with Crippen LogP contribution in [0.4, 0.5) is 0 Å². The van der Waals surface area contributed by atoms with Crippen molar-refractivity contribution in [2.45, 2.75) is 5.75 Å². The van der Waals surface area contributed by atoms with E-state index < -0.39 is 5.75 Å². The van der Waals surface area contributed by atoms with Crippen molar-refractivity contribution in [2.24, 2.45) is 0 Å². The zero-order valence-corrected chi connectivity index (χ0v) is 7.81. The fraction of sp³-hybridized carbons (Fsp3) is 0.333. The Morgan fingerprint density at radius 3 is 1.46 bits per heavy atom. The molecule has 0 spiro atoms. The summed E-state index contributed by atoms with van der Waals surface area (Å²) in [4.78, 5) is 0. The van der Waals surface area contributed by atoms with Crippen LogP contribution < -0.4 is 0 Å². The van der Waals surface area contributed by atoms with E-state index in [0.717, 1.165) is 0 Å². The molecule has 4 heteroatoms. The summed E-state index contributed by atoms with van der Waals surface area (Å²) in [7, 11) is 0. The lowest BCUT2D eigenvalue weighted by molar-refractivity contribution is -0.267. The predicted molar refractivity (Wildman–Crippen MR) is 49.1 cm³/mol. The van der Waals surface area contributed by atoms with Crippen molar-refractivity contribution in [3.63, 3.8) is 0 Å². The Balaban J connectivity index is 0.000000132. The van der Waals surface area contributed by atoms with Gasteiger partial charge in [0.1, 0.15) is 0 Å². The van der Waals surface area contributed by atoms with Gasteiger partial charge in [-0.15, -0.1) is 0 Å². The monoisotopic (exact) mass is 202 g/mol. The molecule has 1 aromatic carbocycles. The van der Waals surface area contributed by atoms with Crippen molar-refractivity contribution in [1.82, 2.24) is 0 Å². The SMILES string of the molecule is ClC1OCOCO1.c1ccccc1. The molecule has 0 amide bonds. The normalized spacial score (nSPS) is 17.3. The second-order valence-electron chi connectivity index (χ2n) is 2.20. The van der Waals surface area contributed by atoms with Crippen molar-refractivity contribution in [1.29, 1.82) is 0 Å². The van der Waals surface area contributed by atoms with Crippen molar-refractivity contribution < 1.29 is 14.2 Å². The first kappa shape index (κ1) is 10.5. The molecule has 1 aliphatic heterocycles. The van der Waals surface area contributed by atoms with Crippen LogP contribution in [0.3, 0.4) is 0 Å². The van der Waals surface area contributed by atoms with Gasteiger partial charge in [-0.1, -0.05) is 48.0 Å². The van der Waals surface area contributed by atoms with Gasteiger partial charge in [0.05, 0.1) is 0 Å². The van der Waals surface area contributed by atoms with Crippen LogP contribution in [0.25, 0.3) is 0 Å². The van der Waals surface area contributed by atoms with Gasteiger partial charge in [0.2, 0.25) is 5.75 Å². The quantitative estimate of drug-likeness (QED) is 0.604. The summed E-state index contributed by atoms with van der Waals surface area (Å²) in [6.07, 6.45) is 0. The summed E-state index contributed by atoms with van der Waals surface area (Å²) in [6.45, 7) is 0.461. The van der Waals surface area contributed by atoms with E-state index in [1.807, 2.05) is 36.4 Å². The summed E-state index contributed by atoms with van der Waals surface area (Å²) in [5.74, 6) is -0.617. The lowest BCUT2D eigenvalue weighted by atomic mass is 10.4. The summed E-state index contributed by atoms with van der Waals surface area (Å²) in [6, 6.07) is 12.0. The number of rotatable bonds is 0. The maximum absolute atomic E-state index is 5.29. The van der Waals surface area contributed by atoms with Gasteiger partial charge in [0.15, 0.2) is 13.6 Å². The number of hydrogen-bond acceptors (Lipinski definition) is 3. The van der Waals surface area contributed by atoms with Crippen molar-refractivity contribution >= 4 is 11.6 Å². The van der Waals surface area contributed by atoms with Gasteiger partial charge in [-0.2, -0.15) is 0 Å². The molecule has 1 heterocycles. The molecule has 3 nitrogen and oxygen atoms in total. The Labute approximate surface area is 82.2 Å². The largest absolute Gasteiger partial charge is 0.329 e. The number of ether oxygens (including phenoxy) is 3. The van der Waals surface area contributed by atoms with Gasteiger partial charge in [-0.25, -0.2) is 0 Å². The van der Waals surface area contributed by atoms with Crippen molar-refractivity contribution in [2.75, 3.05) is 13.6 Å². The molecule has 72 valence electrons. The minimum atomic E-state index is -0.617. The number of halogens is 1. The molecular weight excluding hydrogens is 192 g/mol. The molecule has 13 heavy (non-hydrogen) atoms. The first-order valence-corrected chi connectivity index (χ1v) is 4.28.